The van der Waals surface area contributed by atoms with Gasteiger partial charge in [0.25, 0.3) is 0 Å². The van der Waals surface area contributed by atoms with Crippen molar-refractivity contribution < 1.29 is 4.74 Å². The van der Waals surface area contributed by atoms with Crippen LogP contribution in [0.15, 0.2) is 0 Å². The van der Waals surface area contributed by atoms with E-state index in [1.165, 1.54) is 6.42 Å². The van der Waals surface area contributed by atoms with Gasteiger partial charge in [0.15, 0.2) is 0 Å². The lowest BCUT2D eigenvalue weighted by molar-refractivity contribution is 0.167. The van der Waals surface area contributed by atoms with Crippen molar-refractivity contribution in [2.24, 2.45) is 11.7 Å². The molecule has 0 bridgehead atoms. The number of methoxy groups -OCH3 is 1. The zero-order valence-electron chi connectivity index (χ0n) is 10.9. The number of hydrogen-bond acceptors (Lipinski definition) is 2. The molecule has 0 spiro atoms. The van der Waals surface area contributed by atoms with Crippen LogP contribution < -0.4 is 5.73 Å². The molecule has 1 atom stereocenters. The van der Waals surface area contributed by atoms with Crippen LogP contribution in [0.3, 0.4) is 0 Å². The van der Waals surface area contributed by atoms with Gasteiger partial charge in [0.2, 0.25) is 0 Å². The minimum Gasteiger partial charge on any atom is -0.384 e. The first-order valence-corrected chi connectivity index (χ1v) is 5.67. The highest BCUT2D eigenvalue weighted by molar-refractivity contribution is 4.74. The molecule has 0 aromatic heterocycles. The Bertz CT molecular complexity index is 111. The third-order valence-electron chi connectivity index (χ3n) is 2.13. The number of hydrogen-bond donors (Lipinski definition) is 1. The summed E-state index contributed by atoms with van der Waals surface area (Å²) < 4.78 is 4.80. The zero-order chi connectivity index (χ0) is 11.6. The Morgan fingerprint density at radius 1 is 1.29 bits per heavy atom. The first kappa shape index (κ1) is 16.4. The van der Waals surface area contributed by atoms with E-state index in [1.807, 2.05) is 0 Å². The summed E-state index contributed by atoms with van der Waals surface area (Å²) >= 11 is 0. The van der Waals surface area contributed by atoms with Gasteiger partial charge in [-0.1, -0.05) is 34.1 Å². The van der Waals surface area contributed by atoms with Gasteiger partial charge in [0.05, 0.1) is 0 Å². The summed E-state index contributed by atoms with van der Waals surface area (Å²) in [4.78, 5) is 0. The van der Waals surface area contributed by atoms with Crippen LogP contribution in [0.1, 0.15) is 53.9 Å². The van der Waals surface area contributed by atoms with Gasteiger partial charge in [-0.3, -0.25) is 0 Å². The van der Waals surface area contributed by atoms with Crippen LogP contribution in [0.2, 0.25) is 0 Å². The third kappa shape index (κ3) is 14.4. The lowest BCUT2D eigenvalue weighted by atomic mass is 9.95. The van der Waals surface area contributed by atoms with E-state index >= 15 is 0 Å². The van der Waals surface area contributed by atoms with E-state index < -0.39 is 0 Å². The standard InChI is InChI=1S/C7H17N.C5H12O/c1-4-6-7(3,8)5-2;1-5(2)4-6-3/h4-6,8H2,1-3H3;5H,4H2,1-3H3. The second-order valence-electron chi connectivity index (χ2n) is 4.61. The van der Waals surface area contributed by atoms with E-state index in [4.69, 9.17) is 10.5 Å². The lowest BCUT2D eigenvalue weighted by Gasteiger charge is -2.20. The van der Waals surface area contributed by atoms with E-state index in [-0.39, 0.29) is 5.54 Å². The van der Waals surface area contributed by atoms with Gasteiger partial charge in [-0.25, -0.2) is 0 Å². The van der Waals surface area contributed by atoms with Crippen LogP contribution in [0.25, 0.3) is 0 Å². The Kier molecular flexibility index (Phi) is 11.1. The van der Waals surface area contributed by atoms with Gasteiger partial charge < -0.3 is 10.5 Å². The molecule has 0 aromatic rings. The predicted molar refractivity (Wildman–Crippen MR) is 64.5 cm³/mol. The monoisotopic (exact) mass is 203 g/mol. The highest BCUT2D eigenvalue weighted by Gasteiger charge is 2.12. The van der Waals surface area contributed by atoms with E-state index in [9.17, 15) is 0 Å². The highest BCUT2D eigenvalue weighted by Crippen LogP contribution is 2.11. The van der Waals surface area contributed by atoms with Crippen molar-refractivity contribution in [3.63, 3.8) is 0 Å². The summed E-state index contributed by atoms with van der Waals surface area (Å²) in [6, 6.07) is 0. The maximum atomic E-state index is 5.83. The summed E-state index contributed by atoms with van der Waals surface area (Å²) in [5.41, 5.74) is 5.92. The smallest absolute Gasteiger partial charge is 0.0485 e. The van der Waals surface area contributed by atoms with Gasteiger partial charge in [-0.05, 0) is 25.7 Å². The third-order valence-corrected chi connectivity index (χ3v) is 2.13. The van der Waals surface area contributed by atoms with Gasteiger partial charge in [-0.2, -0.15) is 0 Å². The van der Waals surface area contributed by atoms with Crippen molar-refractivity contribution in [3.8, 4) is 0 Å². The number of nitrogens with two attached hydrogens (primary N) is 1. The molecule has 0 radical (unpaired) electrons. The minimum absolute atomic E-state index is 0.0920. The first-order chi connectivity index (χ1) is 6.39. The molecule has 0 fully saturated rings. The molecule has 0 aromatic carbocycles. The van der Waals surface area contributed by atoms with Gasteiger partial charge in [0, 0.05) is 19.3 Å². The molecule has 0 aliphatic rings. The average Bonchev–Trinajstić information content (AvgIpc) is 2.05. The Hall–Kier alpha value is -0.0800. The van der Waals surface area contributed by atoms with E-state index in [2.05, 4.69) is 34.6 Å². The second-order valence-corrected chi connectivity index (χ2v) is 4.61. The largest absolute Gasteiger partial charge is 0.384 e. The SMILES string of the molecule is CCCC(C)(N)CC.COCC(C)C. The van der Waals surface area contributed by atoms with Gasteiger partial charge in [0.1, 0.15) is 0 Å². The topological polar surface area (TPSA) is 35.2 Å². The molecule has 0 rings (SSSR count). The van der Waals surface area contributed by atoms with Crippen LogP contribution in [0, 0.1) is 5.92 Å². The van der Waals surface area contributed by atoms with Crippen LogP contribution in [-0.2, 0) is 4.74 Å². The Balaban J connectivity index is 0. The lowest BCUT2D eigenvalue weighted by Crippen LogP contribution is -2.34. The average molecular weight is 203 g/mol. The van der Waals surface area contributed by atoms with Crippen molar-refractivity contribution in [1.82, 2.24) is 0 Å². The van der Waals surface area contributed by atoms with E-state index in [0.717, 1.165) is 19.4 Å². The molecule has 1 unspecified atom stereocenters. The Morgan fingerprint density at radius 3 is 1.86 bits per heavy atom. The fourth-order valence-corrected chi connectivity index (χ4v) is 1.08. The van der Waals surface area contributed by atoms with E-state index in [1.54, 1.807) is 7.11 Å². The summed E-state index contributed by atoms with van der Waals surface area (Å²) in [6.07, 6.45) is 3.42. The van der Waals surface area contributed by atoms with Crippen molar-refractivity contribution >= 4 is 0 Å². The highest BCUT2D eigenvalue weighted by atomic mass is 16.5. The van der Waals surface area contributed by atoms with Crippen molar-refractivity contribution in [2.75, 3.05) is 13.7 Å². The molecule has 0 saturated heterocycles. The molecule has 0 amide bonds. The molecular formula is C12H29NO. The number of rotatable bonds is 5. The minimum atomic E-state index is 0.0920. The molecule has 0 heterocycles. The summed E-state index contributed by atoms with van der Waals surface area (Å²) in [5.74, 6) is 0.676. The Labute approximate surface area is 90.2 Å². The van der Waals surface area contributed by atoms with Gasteiger partial charge >= 0.3 is 0 Å². The summed E-state index contributed by atoms with van der Waals surface area (Å²) in [5, 5.41) is 0. The molecule has 0 aliphatic carbocycles. The quantitative estimate of drug-likeness (QED) is 0.744. The van der Waals surface area contributed by atoms with Crippen molar-refractivity contribution in [3.05, 3.63) is 0 Å². The molecule has 88 valence electrons. The number of ether oxygens (including phenoxy) is 1. The fraction of sp³-hybridized carbons (Fsp3) is 1.00. The molecular weight excluding hydrogens is 174 g/mol. The Morgan fingerprint density at radius 2 is 1.79 bits per heavy atom. The van der Waals surface area contributed by atoms with Crippen molar-refractivity contribution in [1.29, 1.82) is 0 Å². The maximum absolute atomic E-state index is 5.83. The molecule has 2 nitrogen and oxygen atoms in total. The van der Waals surface area contributed by atoms with Crippen LogP contribution in [-0.4, -0.2) is 19.3 Å². The predicted octanol–water partition coefficient (Wildman–Crippen LogP) is 3.20. The second kappa shape index (κ2) is 9.47. The first-order valence-electron chi connectivity index (χ1n) is 5.67. The molecule has 0 aliphatic heterocycles. The van der Waals surface area contributed by atoms with E-state index in [0.29, 0.717) is 5.92 Å². The van der Waals surface area contributed by atoms with Crippen molar-refractivity contribution in [2.45, 2.75) is 59.4 Å². The summed E-state index contributed by atoms with van der Waals surface area (Å²) in [6.45, 7) is 11.5. The molecule has 14 heavy (non-hydrogen) atoms. The van der Waals surface area contributed by atoms with Crippen LogP contribution >= 0.6 is 0 Å². The summed E-state index contributed by atoms with van der Waals surface area (Å²) in [7, 11) is 1.72. The van der Waals surface area contributed by atoms with Crippen LogP contribution in [0.4, 0.5) is 0 Å². The fourth-order valence-electron chi connectivity index (χ4n) is 1.08. The van der Waals surface area contributed by atoms with Crippen LogP contribution in [0.5, 0.6) is 0 Å². The molecule has 2 N–H and O–H groups in total. The normalized spacial score (nSPS) is 14.6. The molecule has 0 saturated carbocycles. The van der Waals surface area contributed by atoms with Gasteiger partial charge in [-0.15, -0.1) is 0 Å². The molecule has 2 heteroatoms. The maximum Gasteiger partial charge on any atom is 0.0485 e. The zero-order valence-corrected chi connectivity index (χ0v) is 10.9.